The van der Waals surface area contributed by atoms with Crippen LogP contribution in [0.4, 0.5) is 5.69 Å². The maximum Gasteiger partial charge on any atom is 0.196 e. The minimum absolute atomic E-state index is 0.245. The van der Waals surface area contributed by atoms with E-state index in [1.807, 2.05) is 12.1 Å². The number of phenolic OH excluding ortho intramolecular Hbond substituents is 1. The number of phenols is 1. The number of aliphatic imine (C=N–C) groups is 1. The van der Waals surface area contributed by atoms with Crippen molar-refractivity contribution in [3.63, 3.8) is 0 Å². The highest BCUT2D eigenvalue weighted by molar-refractivity contribution is 5.94. The van der Waals surface area contributed by atoms with Crippen LogP contribution in [0, 0.1) is 5.92 Å². The molecular weight excluding hydrogens is 262 g/mol. The lowest BCUT2D eigenvalue weighted by atomic mass is 9.86. The van der Waals surface area contributed by atoms with E-state index < -0.39 is 0 Å². The summed E-state index contributed by atoms with van der Waals surface area (Å²) in [7, 11) is 0. The predicted octanol–water partition coefficient (Wildman–Crippen LogP) is 3.51. The van der Waals surface area contributed by atoms with Gasteiger partial charge in [0.15, 0.2) is 5.96 Å². The molecule has 0 radical (unpaired) electrons. The Balaban J connectivity index is 2.05. The first-order chi connectivity index (χ1) is 10.2. The first kappa shape index (κ1) is 15.4. The molecule has 3 N–H and O–H groups in total. The van der Waals surface area contributed by atoms with Crippen molar-refractivity contribution >= 4 is 11.6 Å². The molecule has 1 aromatic rings. The van der Waals surface area contributed by atoms with Gasteiger partial charge in [-0.1, -0.05) is 31.9 Å². The Morgan fingerprint density at radius 1 is 1.43 bits per heavy atom. The first-order valence-corrected chi connectivity index (χ1v) is 7.67. The van der Waals surface area contributed by atoms with Crippen molar-refractivity contribution in [2.75, 3.05) is 11.9 Å². The number of anilines is 1. The SMILES string of the molecule is C=CCN=C(Nc1cccc(O)c1)NC1CCCCC1C. The highest BCUT2D eigenvalue weighted by Crippen LogP contribution is 2.24. The monoisotopic (exact) mass is 287 g/mol. The lowest BCUT2D eigenvalue weighted by molar-refractivity contribution is 0.308. The molecule has 1 aliphatic carbocycles. The highest BCUT2D eigenvalue weighted by atomic mass is 16.3. The predicted molar refractivity (Wildman–Crippen MR) is 88.8 cm³/mol. The van der Waals surface area contributed by atoms with Crippen LogP contribution in [0.2, 0.25) is 0 Å². The Hall–Kier alpha value is -1.97. The van der Waals surface area contributed by atoms with Gasteiger partial charge in [0.2, 0.25) is 0 Å². The third kappa shape index (κ3) is 4.81. The second-order valence-corrected chi connectivity index (χ2v) is 5.67. The molecule has 4 nitrogen and oxygen atoms in total. The van der Waals surface area contributed by atoms with Crippen molar-refractivity contribution in [2.45, 2.75) is 38.6 Å². The second kappa shape index (κ2) is 7.72. The summed E-state index contributed by atoms with van der Waals surface area (Å²) in [6.45, 7) is 6.57. The molecule has 0 heterocycles. The van der Waals surface area contributed by atoms with Crippen molar-refractivity contribution in [2.24, 2.45) is 10.9 Å². The van der Waals surface area contributed by atoms with Gasteiger partial charge in [-0.25, -0.2) is 4.99 Å². The summed E-state index contributed by atoms with van der Waals surface area (Å²) in [4.78, 5) is 4.49. The third-order valence-corrected chi connectivity index (χ3v) is 3.92. The molecule has 114 valence electrons. The number of benzene rings is 1. The quantitative estimate of drug-likeness (QED) is 0.451. The van der Waals surface area contributed by atoms with Crippen LogP contribution >= 0.6 is 0 Å². The zero-order valence-electron chi connectivity index (χ0n) is 12.7. The van der Waals surface area contributed by atoms with E-state index in [0.717, 1.165) is 11.6 Å². The van der Waals surface area contributed by atoms with Crippen LogP contribution in [0.3, 0.4) is 0 Å². The number of rotatable bonds is 4. The summed E-state index contributed by atoms with van der Waals surface area (Å²) >= 11 is 0. The molecule has 0 bridgehead atoms. The number of hydrogen-bond donors (Lipinski definition) is 3. The van der Waals surface area contributed by atoms with E-state index in [2.05, 4.69) is 29.1 Å². The van der Waals surface area contributed by atoms with Gasteiger partial charge in [-0.15, -0.1) is 6.58 Å². The van der Waals surface area contributed by atoms with E-state index in [1.54, 1.807) is 18.2 Å². The lowest BCUT2D eigenvalue weighted by Crippen LogP contribution is -2.44. The summed E-state index contributed by atoms with van der Waals surface area (Å²) in [6.07, 6.45) is 6.80. The molecule has 0 saturated heterocycles. The molecule has 1 aliphatic rings. The molecule has 2 unspecified atom stereocenters. The average molecular weight is 287 g/mol. The molecule has 1 aromatic carbocycles. The summed E-state index contributed by atoms with van der Waals surface area (Å²) in [6, 6.07) is 7.52. The standard InChI is InChI=1S/C17H25N3O/c1-3-11-18-17(19-14-8-6-9-15(21)12-14)20-16-10-5-4-7-13(16)2/h3,6,8-9,12-13,16,21H,1,4-5,7,10-11H2,2H3,(H2,18,19,20). The largest absolute Gasteiger partial charge is 0.508 e. The molecule has 1 saturated carbocycles. The Morgan fingerprint density at radius 3 is 2.95 bits per heavy atom. The molecule has 0 amide bonds. The lowest BCUT2D eigenvalue weighted by Gasteiger charge is -2.31. The summed E-state index contributed by atoms with van der Waals surface area (Å²) < 4.78 is 0. The molecule has 21 heavy (non-hydrogen) atoms. The fourth-order valence-electron chi connectivity index (χ4n) is 2.70. The third-order valence-electron chi connectivity index (χ3n) is 3.92. The normalized spacial score (nSPS) is 22.6. The smallest absolute Gasteiger partial charge is 0.196 e. The van der Waals surface area contributed by atoms with Crippen LogP contribution in [0.15, 0.2) is 41.9 Å². The van der Waals surface area contributed by atoms with Gasteiger partial charge in [-0.05, 0) is 30.9 Å². The Kier molecular flexibility index (Phi) is 5.67. The Bertz CT molecular complexity index is 499. The van der Waals surface area contributed by atoms with Crippen LogP contribution < -0.4 is 10.6 Å². The van der Waals surface area contributed by atoms with Crippen molar-refractivity contribution in [1.82, 2.24) is 5.32 Å². The van der Waals surface area contributed by atoms with Crippen LogP contribution in [-0.2, 0) is 0 Å². The molecule has 2 rings (SSSR count). The van der Waals surface area contributed by atoms with E-state index in [-0.39, 0.29) is 5.75 Å². The van der Waals surface area contributed by atoms with Crippen molar-refractivity contribution in [1.29, 1.82) is 0 Å². The van der Waals surface area contributed by atoms with Gasteiger partial charge in [0.25, 0.3) is 0 Å². The summed E-state index contributed by atoms with van der Waals surface area (Å²) in [5.41, 5.74) is 0.828. The fourth-order valence-corrected chi connectivity index (χ4v) is 2.70. The molecule has 1 fully saturated rings. The summed E-state index contributed by atoms with van der Waals surface area (Å²) in [5, 5.41) is 16.3. The number of guanidine groups is 1. The van der Waals surface area contributed by atoms with E-state index in [9.17, 15) is 5.11 Å². The highest BCUT2D eigenvalue weighted by Gasteiger charge is 2.22. The van der Waals surface area contributed by atoms with E-state index in [4.69, 9.17) is 0 Å². The van der Waals surface area contributed by atoms with E-state index in [0.29, 0.717) is 18.5 Å². The van der Waals surface area contributed by atoms with Crippen LogP contribution in [0.5, 0.6) is 5.75 Å². The molecular formula is C17H25N3O. The van der Waals surface area contributed by atoms with Gasteiger partial charge in [0.05, 0.1) is 6.54 Å². The van der Waals surface area contributed by atoms with Crippen molar-refractivity contribution < 1.29 is 5.11 Å². The van der Waals surface area contributed by atoms with E-state index in [1.165, 1.54) is 25.7 Å². The first-order valence-electron chi connectivity index (χ1n) is 7.67. The fraction of sp³-hybridized carbons (Fsp3) is 0.471. The zero-order chi connectivity index (χ0) is 15.1. The second-order valence-electron chi connectivity index (χ2n) is 5.67. The number of aromatic hydroxyl groups is 1. The van der Waals surface area contributed by atoms with Crippen LogP contribution in [-0.4, -0.2) is 23.7 Å². The Labute approximate surface area is 127 Å². The number of hydrogen-bond acceptors (Lipinski definition) is 2. The molecule has 0 spiro atoms. The van der Waals surface area contributed by atoms with Gasteiger partial charge in [-0.3, -0.25) is 0 Å². The van der Waals surface area contributed by atoms with Gasteiger partial charge < -0.3 is 15.7 Å². The van der Waals surface area contributed by atoms with Crippen molar-refractivity contribution in [3.05, 3.63) is 36.9 Å². The molecule has 0 aliphatic heterocycles. The number of nitrogens with zero attached hydrogens (tertiary/aromatic N) is 1. The van der Waals surface area contributed by atoms with Gasteiger partial charge in [-0.2, -0.15) is 0 Å². The van der Waals surface area contributed by atoms with Crippen LogP contribution in [0.25, 0.3) is 0 Å². The topological polar surface area (TPSA) is 56.7 Å². The minimum Gasteiger partial charge on any atom is -0.508 e. The van der Waals surface area contributed by atoms with Gasteiger partial charge in [0.1, 0.15) is 5.75 Å². The maximum absolute atomic E-state index is 9.55. The average Bonchev–Trinajstić information content (AvgIpc) is 2.47. The molecule has 4 heteroatoms. The van der Waals surface area contributed by atoms with Gasteiger partial charge in [0, 0.05) is 17.8 Å². The van der Waals surface area contributed by atoms with Gasteiger partial charge >= 0.3 is 0 Å². The van der Waals surface area contributed by atoms with E-state index >= 15 is 0 Å². The minimum atomic E-state index is 0.245. The molecule has 0 aromatic heterocycles. The van der Waals surface area contributed by atoms with Crippen LogP contribution in [0.1, 0.15) is 32.6 Å². The van der Waals surface area contributed by atoms with Crippen molar-refractivity contribution in [3.8, 4) is 5.75 Å². The Morgan fingerprint density at radius 2 is 2.24 bits per heavy atom. The zero-order valence-corrected chi connectivity index (χ0v) is 12.7. The maximum atomic E-state index is 9.55. The summed E-state index contributed by atoms with van der Waals surface area (Å²) in [5.74, 6) is 1.65. The number of nitrogens with one attached hydrogen (secondary N) is 2. The molecule has 2 atom stereocenters.